The molecule has 0 fully saturated rings. The first-order chi connectivity index (χ1) is 16.8. The van der Waals surface area contributed by atoms with Gasteiger partial charge in [-0.05, 0) is 63.2 Å². The molecule has 1 amide bonds. The van der Waals surface area contributed by atoms with Crippen LogP contribution in [-0.2, 0) is 9.53 Å². The summed E-state index contributed by atoms with van der Waals surface area (Å²) in [6, 6.07) is 12.0. The molecule has 11 heteroatoms. The Balaban J connectivity index is 1.35. The van der Waals surface area contributed by atoms with Gasteiger partial charge in [0.2, 0.25) is 5.88 Å². The highest BCUT2D eigenvalue weighted by molar-refractivity contribution is 7.17. The Morgan fingerprint density at radius 2 is 1.83 bits per heavy atom. The van der Waals surface area contributed by atoms with E-state index in [0.29, 0.717) is 49.1 Å². The zero-order valence-electron chi connectivity index (χ0n) is 19.1. The third-order valence-electron chi connectivity index (χ3n) is 4.70. The van der Waals surface area contributed by atoms with E-state index in [1.54, 1.807) is 63.2 Å². The number of fused-ring (bicyclic) bond motifs is 1. The Labute approximate surface area is 210 Å². The second-order valence-electron chi connectivity index (χ2n) is 7.32. The Hall–Kier alpha value is -3.76. The van der Waals surface area contributed by atoms with Gasteiger partial charge in [0, 0.05) is 5.02 Å². The third-order valence-corrected chi connectivity index (χ3v) is 5.99. The number of carbonyl (C=O) groups is 2. The summed E-state index contributed by atoms with van der Waals surface area (Å²) in [5, 5.41) is 3.55. The minimum Gasteiger partial charge on any atom is -0.481 e. The van der Waals surface area contributed by atoms with E-state index in [4.69, 9.17) is 25.8 Å². The molecule has 0 radical (unpaired) electrons. The quantitative estimate of drug-likeness (QED) is 0.311. The number of thiazole rings is 1. The van der Waals surface area contributed by atoms with Crippen molar-refractivity contribution in [3.63, 3.8) is 0 Å². The third kappa shape index (κ3) is 6.03. The summed E-state index contributed by atoms with van der Waals surface area (Å²) in [6.07, 6.45) is 0.707. The summed E-state index contributed by atoms with van der Waals surface area (Å²) < 4.78 is 16.5. The Bertz CT molecular complexity index is 1380. The van der Waals surface area contributed by atoms with Gasteiger partial charge in [-0.3, -0.25) is 10.1 Å². The van der Waals surface area contributed by atoms with Crippen LogP contribution < -0.4 is 14.8 Å². The summed E-state index contributed by atoms with van der Waals surface area (Å²) in [5.41, 5.74) is 1.83. The van der Waals surface area contributed by atoms with Gasteiger partial charge in [-0.2, -0.15) is 0 Å². The van der Waals surface area contributed by atoms with E-state index in [0.717, 1.165) is 11.3 Å². The number of esters is 1. The van der Waals surface area contributed by atoms with Crippen molar-refractivity contribution in [1.82, 2.24) is 15.0 Å². The molecular formula is C24H21ClN4O5S. The number of hydrogen-bond donors (Lipinski definition) is 1. The van der Waals surface area contributed by atoms with Crippen molar-refractivity contribution in [1.29, 1.82) is 0 Å². The molecule has 2 aromatic carbocycles. The Morgan fingerprint density at radius 3 is 2.57 bits per heavy atom. The van der Waals surface area contributed by atoms with Gasteiger partial charge in [0.05, 0.1) is 29.5 Å². The fourth-order valence-electron chi connectivity index (χ4n) is 3.02. The first kappa shape index (κ1) is 24.4. The highest BCUT2D eigenvalue weighted by Gasteiger charge is 2.20. The molecule has 180 valence electrons. The smallest absolute Gasteiger partial charge is 0.350 e. The second kappa shape index (κ2) is 10.7. The first-order valence-corrected chi connectivity index (χ1v) is 11.8. The van der Waals surface area contributed by atoms with Crippen LogP contribution in [0.1, 0.15) is 29.2 Å². The molecule has 0 saturated carbocycles. The van der Waals surface area contributed by atoms with Crippen molar-refractivity contribution in [3.8, 4) is 17.4 Å². The number of anilines is 1. The predicted octanol–water partition coefficient (Wildman–Crippen LogP) is 5.42. The molecule has 0 saturated heterocycles. The molecule has 0 aliphatic heterocycles. The monoisotopic (exact) mass is 512 g/mol. The molecule has 0 bridgehead atoms. The molecule has 9 nitrogen and oxygen atoms in total. The molecule has 0 aliphatic carbocycles. The van der Waals surface area contributed by atoms with Crippen LogP contribution in [-0.4, -0.2) is 39.5 Å². The molecule has 1 N–H and O–H groups in total. The Morgan fingerprint density at radius 1 is 1.09 bits per heavy atom. The van der Waals surface area contributed by atoms with E-state index in [1.807, 2.05) is 0 Å². The highest BCUT2D eigenvalue weighted by Crippen LogP contribution is 2.26. The Kier molecular flexibility index (Phi) is 7.42. The first-order valence-electron chi connectivity index (χ1n) is 10.6. The molecule has 2 heterocycles. The molecule has 1 atom stereocenters. The van der Waals surface area contributed by atoms with Crippen molar-refractivity contribution < 1.29 is 23.8 Å². The molecule has 0 unspecified atom stereocenters. The van der Waals surface area contributed by atoms with Gasteiger partial charge in [0.25, 0.3) is 5.91 Å². The minimum atomic E-state index is -0.810. The summed E-state index contributed by atoms with van der Waals surface area (Å²) >= 11 is 7.03. The molecular weight excluding hydrogens is 492 g/mol. The predicted molar refractivity (Wildman–Crippen MR) is 133 cm³/mol. The maximum absolute atomic E-state index is 12.5. The van der Waals surface area contributed by atoms with Crippen LogP contribution in [0.2, 0.25) is 5.02 Å². The lowest BCUT2D eigenvalue weighted by Gasteiger charge is -2.14. The van der Waals surface area contributed by atoms with Gasteiger partial charge in [-0.15, -0.1) is 0 Å². The van der Waals surface area contributed by atoms with Crippen molar-refractivity contribution in [2.75, 3.05) is 11.9 Å². The van der Waals surface area contributed by atoms with E-state index >= 15 is 0 Å². The van der Waals surface area contributed by atoms with Crippen LogP contribution in [0.3, 0.4) is 0 Å². The summed E-state index contributed by atoms with van der Waals surface area (Å²) in [5.74, 6) is 0.473. The van der Waals surface area contributed by atoms with Crippen LogP contribution in [0.4, 0.5) is 5.13 Å². The number of aromatic nitrogens is 3. The van der Waals surface area contributed by atoms with E-state index in [-0.39, 0.29) is 6.61 Å². The van der Waals surface area contributed by atoms with Crippen molar-refractivity contribution >= 4 is 51.0 Å². The number of carbonyl (C=O) groups excluding carboxylic acids is 2. The van der Waals surface area contributed by atoms with Gasteiger partial charge in [0.15, 0.2) is 11.2 Å². The number of halogens is 1. The molecule has 0 spiro atoms. The fourth-order valence-corrected chi connectivity index (χ4v) is 4.05. The number of amides is 1. The lowest BCUT2D eigenvalue weighted by atomic mass is 10.3. The lowest BCUT2D eigenvalue weighted by molar-refractivity contribution is -0.122. The number of rotatable bonds is 8. The van der Waals surface area contributed by atoms with Gasteiger partial charge in [0.1, 0.15) is 16.4 Å². The van der Waals surface area contributed by atoms with Crippen molar-refractivity contribution in [2.24, 2.45) is 0 Å². The average Bonchev–Trinajstić information content (AvgIpc) is 3.20. The number of ether oxygens (including phenoxy) is 3. The maximum atomic E-state index is 12.5. The minimum absolute atomic E-state index is 0.261. The van der Waals surface area contributed by atoms with Crippen LogP contribution >= 0.6 is 22.9 Å². The van der Waals surface area contributed by atoms with Gasteiger partial charge in [-0.25, -0.2) is 19.7 Å². The van der Waals surface area contributed by atoms with Gasteiger partial charge < -0.3 is 14.2 Å². The van der Waals surface area contributed by atoms with Crippen LogP contribution in [0.15, 0.2) is 48.7 Å². The van der Waals surface area contributed by atoms with E-state index < -0.39 is 18.0 Å². The summed E-state index contributed by atoms with van der Waals surface area (Å²) in [4.78, 5) is 37.8. The largest absolute Gasteiger partial charge is 0.481 e. The summed E-state index contributed by atoms with van der Waals surface area (Å²) in [6.45, 7) is 5.28. The van der Waals surface area contributed by atoms with Crippen LogP contribution in [0.25, 0.3) is 11.0 Å². The SMILES string of the molecule is CCOC(=O)c1sc(NC(=O)[C@@H](C)Oc2ccc(Oc3cnc4cc(Cl)ccc4n3)cc2)nc1C. The van der Waals surface area contributed by atoms with Gasteiger partial charge >= 0.3 is 5.97 Å². The highest BCUT2D eigenvalue weighted by atomic mass is 35.5. The van der Waals surface area contributed by atoms with Crippen LogP contribution in [0, 0.1) is 6.92 Å². The van der Waals surface area contributed by atoms with Gasteiger partial charge in [-0.1, -0.05) is 22.9 Å². The topological polar surface area (TPSA) is 113 Å². The van der Waals surface area contributed by atoms with Crippen molar-refractivity contribution in [3.05, 3.63) is 64.3 Å². The second-order valence-corrected chi connectivity index (χ2v) is 8.75. The fraction of sp³-hybridized carbons (Fsp3) is 0.208. The number of nitrogens with zero attached hydrogens (tertiary/aromatic N) is 3. The number of nitrogens with one attached hydrogen (secondary N) is 1. The summed E-state index contributed by atoms with van der Waals surface area (Å²) in [7, 11) is 0. The van der Waals surface area contributed by atoms with E-state index in [1.165, 1.54) is 6.20 Å². The van der Waals surface area contributed by atoms with E-state index in [9.17, 15) is 9.59 Å². The number of aryl methyl sites for hydroxylation is 1. The standard InChI is InChI=1S/C24H21ClN4O5S/c1-4-32-23(31)21-13(2)27-24(35-21)29-22(30)14(3)33-16-6-8-17(9-7-16)34-20-12-26-19-11-15(25)5-10-18(19)28-20/h5-12,14H,4H2,1-3H3,(H,27,29,30)/t14-/m1/s1. The molecule has 0 aliphatic rings. The van der Waals surface area contributed by atoms with Crippen molar-refractivity contribution in [2.45, 2.75) is 26.9 Å². The number of benzene rings is 2. The number of hydrogen-bond acceptors (Lipinski definition) is 9. The molecule has 4 aromatic rings. The normalized spacial score (nSPS) is 11.7. The maximum Gasteiger partial charge on any atom is 0.350 e. The zero-order chi connectivity index (χ0) is 24.9. The lowest BCUT2D eigenvalue weighted by Crippen LogP contribution is -2.30. The zero-order valence-corrected chi connectivity index (χ0v) is 20.6. The molecule has 2 aromatic heterocycles. The van der Waals surface area contributed by atoms with Crippen LogP contribution in [0.5, 0.6) is 17.4 Å². The average molecular weight is 513 g/mol. The molecule has 4 rings (SSSR count). The molecule has 35 heavy (non-hydrogen) atoms. The van der Waals surface area contributed by atoms with E-state index in [2.05, 4.69) is 20.3 Å².